The second kappa shape index (κ2) is 6.31. The van der Waals surface area contributed by atoms with E-state index in [9.17, 15) is 0 Å². The van der Waals surface area contributed by atoms with E-state index in [4.69, 9.17) is 0 Å². The Kier molecular flexibility index (Phi) is 4.26. The van der Waals surface area contributed by atoms with Gasteiger partial charge in [-0.15, -0.1) is 0 Å². The highest BCUT2D eigenvalue weighted by Crippen LogP contribution is 2.39. The van der Waals surface area contributed by atoms with Crippen molar-refractivity contribution >= 4 is 5.69 Å². The summed E-state index contributed by atoms with van der Waals surface area (Å²) in [5.74, 6) is 0.841. The Morgan fingerprint density at radius 2 is 1.71 bits per heavy atom. The van der Waals surface area contributed by atoms with Crippen molar-refractivity contribution in [1.82, 2.24) is 4.90 Å². The first-order valence-electron chi connectivity index (χ1n) is 7.78. The van der Waals surface area contributed by atoms with Gasteiger partial charge in [0.15, 0.2) is 0 Å². The molecule has 1 saturated carbocycles. The Labute approximate surface area is 127 Å². The summed E-state index contributed by atoms with van der Waals surface area (Å²) in [6, 6.07) is 17.7. The van der Waals surface area contributed by atoms with Gasteiger partial charge in [0.1, 0.15) is 0 Å². The molecule has 110 valence electrons. The number of hydrogen-bond acceptors (Lipinski definition) is 2. The molecule has 2 nitrogen and oxygen atoms in total. The number of para-hydroxylation sites is 1. The lowest BCUT2D eigenvalue weighted by Crippen LogP contribution is -2.12. The van der Waals surface area contributed by atoms with Gasteiger partial charge in [0.2, 0.25) is 0 Å². The molecule has 0 amide bonds. The smallest absolute Gasteiger partial charge is 0.0400 e. The van der Waals surface area contributed by atoms with E-state index in [1.807, 2.05) is 0 Å². The van der Waals surface area contributed by atoms with E-state index in [-0.39, 0.29) is 0 Å². The number of nitrogens with one attached hydrogen (secondary N) is 1. The van der Waals surface area contributed by atoms with Crippen LogP contribution in [0.4, 0.5) is 5.69 Å². The zero-order valence-corrected chi connectivity index (χ0v) is 13.0. The topological polar surface area (TPSA) is 15.3 Å². The summed E-state index contributed by atoms with van der Waals surface area (Å²) in [5, 5.41) is 3.57. The number of benzene rings is 2. The van der Waals surface area contributed by atoms with E-state index >= 15 is 0 Å². The van der Waals surface area contributed by atoms with Gasteiger partial charge < -0.3 is 10.2 Å². The summed E-state index contributed by atoms with van der Waals surface area (Å²) >= 11 is 0. The van der Waals surface area contributed by atoms with Crippen LogP contribution in [0.5, 0.6) is 0 Å². The molecule has 0 aromatic heterocycles. The first-order valence-corrected chi connectivity index (χ1v) is 7.78. The van der Waals surface area contributed by atoms with Gasteiger partial charge in [0.25, 0.3) is 0 Å². The van der Waals surface area contributed by atoms with Gasteiger partial charge in [-0.05, 0) is 55.6 Å². The Morgan fingerprint density at radius 1 is 1.00 bits per heavy atom. The molecule has 0 aliphatic heterocycles. The maximum Gasteiger partial charge on any atom is 0.0400 e. The highest BCUT2D eigenvalue weighted by Gasteiger charge is 2.22. The first-order chi connectivity index (χ1) is 10.2. The average Bonchev–Trinajstić information content (AvgIpc) is 3.31. The van der Waals surface area contributed by atoms with E-state index in [0.29, 0.717) is 0 Å². The predicted octanol–water partition coefficient (Wildman–Crippen LogP) is 4.24. The van der Waals surface area contributed by atoms with Gasteiger partial charge in [-0.1, -0.05) is 42.5 Å². The van der Waals surface area contributed by atoms with Gasteiger partial charge in [-0.3, -0.25) is 0 Å². The largest absolute Gasteiger partial charge is 0.381 e. The van der Waals surface area contributed by atoms with Crippen LogP contribution in [0.25, 0.3) is 0 Å². The lowest BCUT2D eigenvalue weighted by molar-refractivity contribution is 0.403. The Bertz CT molecular complexity index is 583. The van der Waals surface area contributed by atoms with Crippen LogP contribution in [-0.4, -0.2) is 19.0 Å². The minimum Gasteiger partial charge on any atom is -0.381 e. The Hall–Kier alpha value is -1.80. The summed E-state index contributed by atoms with van der Waals surface area (Å²) in [6.07, 6.45) is 2.74. The molecule has 1 N–H and O–H groups in total. The van der Waals surface area contributed by atoms with Gasteiger partial charge in [0.05, 0.1) is 0 Å². The van der Waals surface area contributed by atoms with Crippen molar-refractivity contribution in [2.45, 2.75) is 31.8 Å². The number of rotatable bonds is 6. The third-order valence-corrected chi connectivity index (χ3v) is 4.02. The molecule has 21 heavy (non-hydrogen) atoms. The maximum absolute atomic E-state index is 3.57. The molecule has 0 unspecified atom stereocenters. The van der Waals surface area contributed by atoms with Crippen molar-refractivity contribution in [3.8, 4) is 0 Å². The molecule has 0 atom stereocenters. The molecule has 2 heteroatoms. The summed E-state index contributed by atoms with van der Waals surface area (Å²) in [7, 11) is 4.21. The number of anilines is 1. The quantitative estimate of drug-likeness (QED) is 0.851. The average molecular weight is 280 g/mol. The SMILES string of the molecule is CN(C)Cc1ccccc1NCc1ccc(C2CC2)cc1. The van der Waals surface area contributed by atoms with E-state index < -0.39 is 0 Å². The monoisotopic (exact) mass is 280 g/mol. The predicted molar refractivity (Wildman–Crippen MR) is 89.6 cm³/mol. The molecule has 2 aromatic carbocycles. The molecule has 1 fully saturated rings. The summed E-state index contributed by atoms with van der Waals surface area (Å²) < 4.78 is 0. The second-order valence-electron chi connectivity index (χ2n) is 6.26. The highest BCUT2D eigenvalue weighted by molar-refractivity contribution is 5.51. The molecule has 0 radical (unpaired) electrons. The van der Waals surface area contributed by atoms with Crippen LogP contribution < -0.4 is 5.32 Å². The van der Waals surface area contributed by atoms with Crippen LogP contribution in [0.2, 0.25) is 0 Å². The standard InChI is InChI=1S/C19H24N2/c1-21(2)14-18-5-3-4-6-19(18)20-13-15-7-9-16(10-8-15)17-11-12-17/h3-10,17,20H,11-14H2,1-2H3. The molecular weight excluding hydrogens is 256 g/mol. The van der Waals surface area contributed by atoms with Crippen molar-refractivity contribution in [3.05, 3.63) is 65.2 Å². The lowest BCUT2D eigenvalue weighted by atomic mass is 10.1. The van der Waals surface area contributed by atoms with Crippen LogP contribution in [0, 0.1) is 0 Å². The van der Waals surface area contributed by atoms with Crippen LogP contribution in [0.1, 0.15) is 35.4 Å². The normalized spacial score (nSPS) is 14.4. The number of nitrogens with zero attached hydrogens (tertiary/aromatic N) is 1. The first kappa shape index (κ1) is 14.2. The molecule has 0 saturated heterocycles. The fourth-order valence-electron chi connectivity index (χ4n) is 2.69. The Morgan fingerprint density at radius 3 is 2.38 bits per heavy atom. The summed E-state index contributed by atoms with van der Waals surface area (Å²) in [5.41, 5.74) is 5.43. The van der Waals surface area contributed by atoms with Crippen molar-refractivity contribution in [2.24, 2.45) is 0 Å². The van der Waals surface area contributed by atoms with Crippen molar-refractivity contribution in [3.63, 3.8) is 0 Å². The molecule has 3 rings (SSSR count). The fourth-order valence-corrected chi connectivity index (χ4v) is 2.69. The molecule has 0 heterocycles. The molecule has 2 aromatic rings. The van der Waals surface area contributed by atoms with E-state index in [0.717, 1.165) is 19.0 Å². The maximum atomic E-state index is 3.57. The third kappa shape index (κ3) is 3.85. The third-order valence-electron chi connectivity index (χ3n) is 4.02. The van der Waals surface area contributed by atoms with Crippen LogP contribution >= 0.6 is 0 Å². The van der Waals surface area contributed by atoms with E-state index in [1.54, 1.807) is 0 Å². The molecular formula is C19H24N2. The van der Waals surface area contributed by atoms with Gasteiger partial charge in [-0.25, -0.2) is 0 Å². The zero-order valence-electron chi connectivity index (χ0n) is 13.0. The fraction of sp³-hybridized carbons (Fsp3) is 0.368. The molecule has 1 aliphatic carbocycles. The number of hydrogen-bond donors (Lipinski definition) is 1. The molecule has 1 aliphatic rings. The van der Waals surface area contributed by atoms with Gasteiger partial charge >= 0.3 is 0 Å². The van der Waals surface area contributed by atoms with Gasteiger partial charge in [0, 0.05) is 18.8 Å². The lowest BCUT2D eigenvalue weighted by Gasteiger charge is -2.15. The van der Waals surface area contributed by atoms with Crippen LogP contribution in [0.15, 0.2) is 48.5 Å². The van der Waals surface area contributed by atoms with Crippen molar-refractivity contribution in [1.29, 1.82) is 0 Å². The van der Waals surface area contributed by atoms with Crippen LogP contribution in [-0.2, 0) is 13.1 Å². The summed E-state index contributed by atoms with van der Waals surface area (Å²) in [6.45, 7) is 1.85. The minimum absolute atomic E-state index is 0.841. The van der Waals surface area contributed by atoms with Crippen LogP contribution in [0.3, 0.4) is 0 Å². The van der Waals surface area contributed by atoms with Crippen molar-refractivity contribution < 1.29 is 0 Å². The van der Waals surface area contributed by atoms with Crippen molar-refractivity contribution in [2.75, 3.05) is 19.4 Å². The summed E-state index contributed by atoms with van der Waals surface area (Å²) in [4.78, 5) is 2.20. The highest BCUT2D eigenvalue weighted by atomic mass is 15.1. The Balaban J connectivity index is 1.64. The zero-order chi connectivity index (χ0) is 14.7. The molecule has 0 bridgehead atoms. The van der Waals surface area contributed by atoms with E-state index in [2.05, 4.69) is 72.8 Å². The second-order valence-corrected chi connectivity index (χ2v) is 6.26. The van der Waals surface area contributed by atoms with E-state index in [1.165, 1.54) is 35.2 Å². The molecule has 0 spiro atoms. The minimum atomic E-state index is 0.841. The van der Waals surface area contributed by atoms with Gasteiger partial charge in [-0.2, -0.15) is 0 Å².